The molecule has 0 unspecified atom stereocenters. The van der Waals surface area contributed by atoms with Crippen LogP contribution in [-0.4, -0.2) is 44.3 Å². The molecule has 0 aliphatic heterocycles. The van der Waals surface area contributed by atoms with Gasteiger partial charge in [-0.15, -0.1) is 0 Å². The molecular weight excluding hydrogens is 629 g/mol. The molecular formula is C35H37Cl2N3O4S. The van der Waals surface area contributed by atoms with E-state index in [1.165, 1.54) is 29.2 Å². The van der Waals surface area contributed by atoms with Crippen LogP contribution in [0.4, 0.5) is 5.69 Å². The lowest BCUT2D eigenvalue weighted by Crippen LogP contribution is -2.53. The molecule has 236 valence electrons. The van der Waals surface area contributed by atoms with Gasteiger partial charge in [-0.1, -0.05) is 115 Å². The van der Waals surface area contributed by atoms with E-state index in [0.29, 0.717) is 6.54 Å². The van der Waals surface area contributed by atoms with E-state index >= 15 is 0 Å². The van der Waals surface area contributed by atoms with Crippen LogP contribution in [0.2, 0.25) is 10.0 Å². The third-order valence-corrected chi connectivity index (χ3v) is 9.65. The highest BCUT2D eigenvalue weighted by Gasteiger charge is 2.35. The number of aryl methyl sites for hydroxylation is 1. The molecule has 0 aromatic heterocycles. The maximum absolute atomic E-state index is 14.5. The SMILES string of the molecule is CCCCNC(=O)[C@@H](Cc1ccccc1)N(Cc1cccc(C)c1)C(=O)CN(c1cc(Cl)ccc1Cl)S(=O)(=O)c1ccccc1. The van der Waals surface area contributed by atoms with Gasteiger partial charge in [0, 0.05) is 24.5 Å². The van der Waals surface area contributed by atoms with Crippen LogP contribution in [0.3, 0.4) is 0 Å². The minimum atomic E-state index is -4.28. The van der Waals surface area contributed by atoms with E-state index in [1.54, 1.807) is 24.3 Å². The molecule has 0 saturated carbocycles. The molecule has 1 N–H and O–H groups in total. The Hall–Kier alpha value is -3.85. The van der Waals surface area contributed by atoms with Gasteiger partial charge < -0.3 is 10.2 Å². The Morgan fingerprint density at radius 2 is 1.51 bits per heavy atom. The molecule has 0 aliphatic carbocycles. The van der Waals surface area contributed by atoms with Crippen molar-refractivity contribution in [2.75, 3.05) is 17.4 Å². The summed E-state index contributed by atoms with van der Waals surface area (Å²) < 4.78 is 29.2. The van der Waals surface area contributed by atoms with Crippen LogP contribution in [-0.2, 0) is 32.6 Å². The number of anilines is 1. The molecule has 4 aromatic carbocycles. The summed E-state index contributed by atoms with van der Waals surface area (Å²) in [5.41, 5.74) is 2.72. The van der Waals surface area contributed by atoms with Crippen molar-refractivity contribution in [3.05, 3.63) is 130 Å². The first kappa shape index (κ1) is 34.0. The normalized spacial score (nSPS) is 11.9. The van der Waals surface area contributed by atoms with Gasteiger partial charge in [-0.25, -0.2) is 8.42 Å². The Morgan fingerprint density at radius 3 is 2.18 bits per heavy atom. The molecule has 4 aromatic rings. The van der Waals surface area contributed by atoms with Gasteiger partial charge in [0.2, 0.25) is 11.8 Å². The molecule has 45 heavy (non-hydrogen) atoms. The smallest absolute Gasteiger partial charge is 0.264 e. The second kappa shape index (κ2) is 15.9. The van der Waals surface area contributed by atoms with E-state index in [0.717, 1.165) is 33.8 Å². The predicted molar refractivity (Wildman–Crippen MR) is 181 cm³/mol. The van der Waals surface area contributed by atoms with Crippen LogP contribution in [0, 0.1) is 6.92 Å². The fourth-order valence-corrected chi connectivity index (χ4v) is 6.86. The number of halogens is 2. The van der Waals surface area contributed by atoms with Crippen LogP contribution in [0.15, 0.2) is 108 Å². The lowest BCUT2D eigenvalue weighted by molar-refractivity contribution is -0.140. The monoisotopic (exact) mass is 665 g/mol. The maximum Gasteiger partial charge on any atom is 0.264 e. The number of hydrogen-bond acceptors (Lipinski definition) is 4. The van der Waals surface area contributed by atoms with Crippen LogP contribution < -0.4 is 9.62 Å². The zero-order valence-corrected chi connectivity index (χ0v) is 27.7. The number of nitrogens with one attached hydrogen (secondary N) is 1. The summed E-state index contributed by atoms with van der Waals surface area (Å²) in [4.78, 5) is 29.8. The number of rotatable bonds is 14. The topological polar surface area (TPSA) is 86.8 Å². The van der Waals surface area contributed by atoms with Gasteiger partial charge in [-0.2, -0.15) is 0 Å². The first-order chi connectivity index (χ1) is 21.6. The van der Waals surface area contributed by atoms with E-state index < -0.39 is 28.5 Å². The molecule has 10 heteroatoms. The molecule has 0 heterocycles. The lowest BCUT2D eigenvalue weighted by Gasteiger charge is -2.34. The molecule has 0 saturated heterocycles. The number of unbranched alkanes of at least 4 members (excludes halogenated alkanes) is 1. The number of hydrogen-bond donors (Lipinski definition) is 1. The fourth-order valence-electron chi connectivity index (χ4n) is 4.98. The molecule has 1 atom stereocenters. The molecule has 4 rings (SSSR count). The van der Waals surface area contributed by atoms with Crippen LogP contribution >= 0.6 is 23.2 Å². The van der Waals surface area contributed by atoms with Gasteiger partial charge >= 0.3 is 0 Å². The van der Waals surface area contributed by atoms with Crippen molar-refractivity contribution in [3.8, 4) is 0 Å². The third-order valence-electron chi connectivity index (χ3n) is 7.32. The maximum atomic E-state index is 14.5. The van der Waals surface area contributed by atoms with Crippen molar-refractivity contribution in [3.63, 3.8) is 0 Å². The van der Waals surface area contributed by atoms with E-state index in [4.69, 9.17) is 23.2 Å². The zero-order valence-electron chi connectivity index (χ0n) is 25.3. The van der Waals surface area contributed by atoms with Crippen LogP contribution in [0.25, 0.3) is 0 Å². The number of sulfonamides is 1. The first-order valence-electron chi connectivity index (χ1n) is 14.8. The summed E-state index contributed by atoms with van der Waals surface area (Å²) in [6.07, 6.45) is 1.91. The number of carbonyl (C=O) groups is 2. The lowest BCUT2D eigenvalue weighted by atomic mass is 10.0. The molecule has 0 radical (unpaired) electrons. The largest absolute Gasteiger partial charge is 0.354 e. The average molecular weight is 667 g/mol. The van der Waals surface area contributed by atoms with Gasteiger partial charge in [0.05, 0.1) is 15.6 Å². The summed E-state index contributed by atoms with van der Waals surface area (Å²) in [6.45, 7) is 3.91. The van der Waals surface area contributed by atoms with Gasteiger partial charge in [-0.05, 0) is 54.8 Å². The summed E-state index contributed by atoms with van der Waals surface area (Å²) >= 11 is 12.8. The molecule has 0 aliphatic rings. The van der Waals surface area contributed by atoms with Gasteiger partial charge in [0.15, 0.2) is 0 Å². The second-order valence-corrected chi connectivity index (χ2v) is 13.5. The molecule has 0 fully saturated rings. The third kappa shape index (κ3) is 9.10. The van der Waals surface area contributed by atoms with Crippen molar-refractivity contribution in [2.45, 2.75) is 50.6 Å². The van der Waals surface area contributed by atoms with Gasteiger partial charge in [0.25, 0.3) is 10.0 Å². The van der Waals surface area contributed by atoms with Crippen LogP contribution in [0.5, 0.6) is 0 Å². The summed E-state index contributed by atoms with van der Waals surface area (Å²) in [6, 6.07) is 28.5. The number of benzene rings is 4. The minimum Gasteiger partial charge on any atom is -0.354 e. The molecule has 7 nitrogen and oxygen atoms in total. The van der Waals surface area contributed by atoms with E-state index in [9.17, 15) is 18.0 Å². The molecule has 0 spiro atoms. The molecule has 2 amide bonds. The number of nitrogens with zero attached hydrogens (tertiary/aromatic N) is 2. The Bertz CT molecular complexity index is 1700. The summed E-state index contributed by atoms with van der Waals surface area (Å²) in [5, 5.41) is 3.35. The van der Waals surface area contributed by atoms with E-state index in [-0.39, 0.29) is 39.5 Å². The Morgan fingerprint density at radius 1 is 0.844 bits per heavy atom. The average Bonchev–Trinajstić information content (AvgIpc) is 3.03. The highest BCUT2D eigenvalue weighted by molar-refractivity contribution is 7.92. The minimum absolute atomic E-state index is 0.0165. The van der Waals surface area contributed by atoms with Crippen molar-refractivity contribution in [1.82, 2.24) is 10.2 Å². The highest BCUT2D eigenvalue weighted by atomic mass is 35.5. The van der Waals surface area contributed by atoms with Crippen molar-refractivity contribution < 1.29 is 18.0 Å². The quantitative estimate of drug-likeness (QED) is 0.146. The first-order valence-corrected chi connectivity index (χ1v) is 17.0. The van der Waals surface area contributed by atoms with Gasteiger partial charge in [-0.3, -0.25) is 13.9 Å². The van der Waals surface area contributed by atoms with Crippen molar-refractivity contribution in [1.29, 1.82) is 0 Å². The number of amides is 2. The fraction of sp³-hybridized carbons (Fsp3) is 0.257. The Balaban J connectivity index is 1.81. The predicted octanol–water partition coefficient (Wildman–Crippen LogP) is 7.05. The van der Waals surface area contributed by atoms with E-state index in [2.05, 4.69) is 5.32 Å². The molecule has 0 bridgehead atoms. The van der Waals surface area contributed by atoms with Gasteiger partial charge in [0.1, 0.15) is 12.6 Å². The summed E-state index contributed by atoms with van der Waals surface area (Å²) in [7, 11) is -4.28. The van der Waals surface area contributed by atoms with Crippen LogP contribution in [0.1, 0.15) is 36.5 Å². The summed E-state index contributed by atoms with van der Waals surface area (Å²) in [5.74, 6) is -0.884. The zero-order chi connectivity index (χ0) is 32.4. The standard InChI is InChI=1S/C35H37Cl2N3O4S/c1-3-4-20-38-35(42)33(22-27-13-7-5-8-14-27)39(24-28-15-11-12-26(2)21-28)34(41)25-40(32-23-29(36)18-19-31(32)37)45(43,44)30-16-9-6-10-17-30/h5-19,21,23,33H,3-4,20,22,24-25H2,1-2H3,(H,38,42)/t33-/m1/s1. The highest BCUT2D eigenvalue weighted by Crippen LogP contribution is 2.33. The van der Waals surface area contributed by atoms with Crippen molar-refractivity contribution >= 4 is 50.7 Å². The van der Waals surface area contributed by atoms with Crippen molar-refractivity contribution in [2.24, 2.45) is 0 Å². The van der Waals surface area contributed by atoms with E-state index in [1.807, 2.05) is 68.4 Å². The number of carbonyl (C=O) groups excluding carboxylic acids is 2. The Kier molecular flexibility index (Phi) is 12.0. The Labute approximate surface area is 275 Å². The second-order valence-electron chi connectivity index (χ2n) is 10.8.